The van der Waals surface area contributed by atoms with E-state index in [0.717, 1.165) is 11.4 Å². The van der Waals surface area contributed by atoms with Crippen molar-refractivity contribution in [3.8, 4) is 5.69 Å². The molecule has 0 radical (unpaired) electrons. The third-order valence-corrected chi connectivity index (χ3v) is 4.42. The van der Waals surface area contributed by atoms with Crippen LogP contribution in [-0.4, -0.2) is 37.4 Å². The highest BCUT2D eigenvalue weighted by Crippen LogP contribution is 2.22. The van der Waals surface area contributed by atoms with Crippen LogP contribution >= 0.6 is 11.8 Å². The number of hydrogen-bond donors (Lipinski definition) is 1. The molecule has 0 aliphatic heterocycles. The lowest BCUT2D eigenvalue weighted by Crippen LogP contribution is -2.28. The molecule has 3 rings (SSSR count). The molecular formula is C18H20N6OS. The van der Waals surface area contributed by atoms with E-state index in [2.05, 4.69) is 25.6 Å². The molecule has 0 atom stereocenters. The van der Waals surface area contributed by atoms with E-state index in [4.69, 9.17) is 0 Å². The number of para-hydroxylation sites is 1. The Hall–Kier alpha value is -2.74. The Balaban J connectivity index is 1.89. The molecule has 1 aromatic carbocycles. The molecule has 0 spiro atoms. The lowest BCUT2D eigenvalue weighted by Gasteiger charge is -2.09. The number of carbonyl (C=O) groups excluding carboxylic acids is 1. The van der Waals surface area contributed by atoms with E-state index in [0.29, 0.717) is 29.1 Å². The van der Waals surface area contributed by atoms with E-state index in [-0.39, 0.29) is 5.91 Å². The summed E-state index contributed by atoms with van der Waals surface area (Å²) < 4.78 is 1.69. The summed E-state index contributed by atoms with van der Waals surface area (Å²) in [5, 5.41) is 11.9. The number of aromatic nitrogens is 5. The van der Waals surface area contributed by atoms with Crippen molar-refractivity contribution < 1.29 is 4.79 Å². The zero-order valence-corrected chi connectivity index (χ0v) is 15.5. The van der Waals surface area contributed by atoms with Crippen molar-refractivity contribution in [3.05, 3.63) is 60.2 Å². The molecule has 0 fully saturated rings. The average molecular weight is 368 g/mol. The van der Waals surface area contributed by atoms with Gasteiger partial charge in [0.2, 0.25) is 0 Å². The molecule has 8 heteroatoms. The van der Waals surface area contributed by atoms with E-state index in [1.165, 1.54) is 11.8 Å². The molecule has 1 amide bonds. The van der Waals surface area contributed by atoms with Gasteiger partial charge in [-0.2, -0.15) is 0 Å². The van der Waals surface area contributed by atoms with Gasteiger partial charge in [0.05, 0.1) is 11.4 Å². The largest absolute Gasteiger partial charge is 0.350 e. The van der Waals surface area contributed by atoms with Gasteiger partial charge in [0, 0.05) is 24.7 Å². The highest BCUT2D eigenvalue weighted by Gasteiger charge is 2.21. The molecule has 0 aliphatic rings. The summed E-state index contributed by atoms with van der Waals surface area (Å²) >= 11 is 1.44. The van der Waals surface area contributed by atoms with Crippen molar-refractivity contribution >= 4 is 17.7 Å². The van der Waals surface area contributed by atoms with Crippen molar-refractivity contribution in [1.82, 2.24) is 30.3 Å². The number of benzene rings is 1. The minimum absolute atomic E-state index is 0.217. The lowest BCUT2D eigenvalue weighted by atomic mass is 10.2. The van der Waals surface area contributed by atoms with Crippen LogP contribution in [0.2, 0.25) is 0 Å². The summed E-state index contributed by atoms with van der Waals surface area (Å²) in [4.78, 5) is 21.0. The second-order valence-corrected chi connectivity index (χ2v) is 7.00. The van der Waals surface area contributed by atoms with Crippen LogP contribution in [0.1, 0.15) is 30.0 Å². The number of nitrogens with one attached hydrogen (secondary N) is 1. The minimum atomic E-state index is -0.217. The van der Waals surface area contributed by atoms with Crippen molar-refractivity contribution in [2.45, 2.75) is 24.8 Å². The topological polar surface area (TPSA) is 85.6 Å². The van der Waals surface area contributed by atoms with Gasteiger partial charge in [0.25, 0.3) is 5.91 Å². The molecule has 0 saturated carbocycles. The highest BCUT2D eigenvalue weighted by molar-refractivity contribution is 7.98. The van der Waals surface area contributed by atoms with Crippen molar-refractivity contribution in [1.29, 1.82) is 0 Å². The van der Waals surface area contributed by atoms with Crippen LogP contribution in [0.15, 0.2) is 53.9 Å². The first kappa shape index (κ1) is 18.1. The lowest BCUT2D eigenvalue weighted by molar-refractivity contribution is 0.0943. The minimum Gasteiger partial charge on any atom is -0.350 e. The quantitative estimate of drug-likeness (QED) is 0.510. The Morgan fingerprint density at radius 3 is 2.58 bits per heavy atom. The molecule has 2 heterocycles. The van der Waals surface area contributed by atoms with Gasteiger partial charge >= 0.3 is 0 Å². The van der Waals surface area contributed by atoms with Gasteiger partial charge in [-0.3, -0.25) is 4.79 Å². The van der Waals surface area contributed by atoms with Gasteiger partial charge in [0.15, 0.2) is 10.9 Å². The van der Waals surface area contributed by atoms with Gasteiger partial charge in [-0.05, 0) is 24.1 Å². The Bertz CT molecular complexity index is 851. The molecular weight excluding hydrogens is 348 g/mol. The number of hydrogen-bond acceptors (Lipinski definition) is 6. The zero-order chi connectivity index (χ0) is 18.4. The fourth-order valence-electron chi connectivity index (χ4n) is 2.26. The third kappa shape index (κ3) is 4.45. The molecule has 26 heavy (non-hydrogen) atoms. The van der Waals surface area contributed by atoms with Crippen LogP contribution in [0.5, 0.6) is 0 Å². The predicted molar refractivity (Wildman–Crippen MR) is 100 cm³/mol. The smallest absolute Gasteiger partial charge is 0.273 e. The molecule has 2 aromatic heterocycles. The second kappa shape index (κ2) is 8.57. The standard InChI is InChI=1S/C18H20N6OS/c1-13(2)11-21-17(25)16-15(12-26-18-19-9-6-10-20-18)24(23-22-16)14-7-4-3-5-8-14/h3-10,13H,11-12H2,1-2H3,(H,21,25). The normalized spacial score (nSPS) is 10.9. The van der Waals surface area contributed by atoms with E-state index < -0.39 is 0 Å². The zero-order valence-electron chi connectivity index (χ0n) is 14.7. The predicted octanol–water partition coefficient (Wildman–Crippen LogP) is 2.74. The summed E-state index contributed by atoms with van der Waals surface area (Å²) in [7, 11) is 0. The van der Waals surface area contributed by atoms with E-state index in [9.17, 15) is 4.79 Å². The molecule has 0 aliphatic carbocycles. The monoisotopic (exact) mass is 368 g/mol. The van der Waals surface area contributed by atoms with E-state index in [1.54, 1.807) is 23.1 Å². The second-order valence-electron chi connectivity index (χ2n) is 6.06. The first-order valence-corrected chi connectivity index (χ1v) is 9.31. The molecule has 0 saturated heterocycles. The van der Waals surface area contributed by atoms with Gasteiger partial charge in [-0.1, -0.05) is 49.0 Å². The molecule has 0 bridgehead atoms. The number of amides is 1. The van der Waals surface area contributed by atoms with Crippen LogP contribution in [0.25, 0.3) is 5.69 Å². The van der Waals surface area contributed by atoms with E-state index >= 15 is 0 Å². The maximum Gasteiger partial charge on any atom is 0.273 e. The fraction of sp³-hybridized carbons (Fsp3) is 0.278. The van der Waals surface area contributed by atoms with Gasteiger partial charge in [-0.15, -0.1) is 5.10 Å². The average Bonchev–Trinajstić information content (AvgIpc) is 3.10. The van der Waals surface area contributed by atoms with E-state index in [1.807, 2.05) is 44.2 Å². The SMILES string of the molecule is CC(C)CNC(=O)c1nnn(-c2ccccc2)c1CSc1ncccn1. The van der Waals surface area contributed by atoms with Crippen LogP contribution in [-0.2, 0) is 5.75 Å². The van der Waals surface area contributed by atoms with Crippen LogP contribution in [0.4, 0.5) is 0 Å². The number of nitrogens with zero attached hydrogens (tertiary/aromatic N) is 5. The first-order chi connectivity index (χ1) is 12.6. The summed E-state index contributed by atoms with van der Waals surface area (Å²) in [5.41, 5.74) is 1.90. The van der Waals surface area contributed by atoms with Crippen LogP contribution in [0, 0.1) is 5.92 Å². The highest BCUT2D eigenvalue weighted by atomic mass is 32.2. The van der Waals surface area contributed by atoms with Gasteiger partial charge in [0.1, 0.15) is 0 Å². The molecule has 134 valence electrons. The fourth-order valence-corrected chi connectivity index (χ4v) is 3.05. The number of thioether (sulfide) groups is 1. The summed E-state index contributed by atoms with van der Waals surface area (Å²) in [6, 6.07) is 11.4. The summed E-state index contributed by atoms with van der Waals surface area (Å²) in [6.45, 7) is 4.68. The summed E-state index contributed by atoms with van der Waals surface area (Å²) in [6.07, 6.45) is 3.39. The van der Waals surface area contributed by atoms with Gasteiger partial charge in [-0.25, -0.2) is 14.6 Å². The Morgan fingerprint density at radius 1 is 1.15 bits per heavy atom. The Kier molecular flexibility index (Phi) is 5.96. The van der Waals surface area contributed by atoms with Crippen molar-refractivity contribution in [2.24, 2.45) is 5.92 Å². The number of carbonyl (C=O) groups is 1. The number of rotatable bonds is 7. The molecule has 1 N–H and O–H groups in total. The van der Waals surface area contributed by atoms with Gasteiger partial charge < -0.3 is 5.32 Å². The Morgan fingerprint density at radius 2 is 1.88 bits per heavy atom. The summed E-state index contributed by atoms with van der Waals surface area (Å²) in [5.74, 6) is 0.625. The molecule has 0 unspecified atom stereocenters. The van der Waals surface area contributed by atoms with Crippen molar-refractivity contribution in [3.63, 3.8) is 0 Å². The van der Waals surface area contributed by atoms with Crippen molar-refractivity contribution in [2.75, 3.05) is 6.54 Å². The molecule has 7 nitrogen and oxygen atoms in total. The third-order valence-electron chi connectivity index (χ3n) is 3.53. The maximum atomic E-state index is 12.6. The van der Waals surface area contributed by atoms with Crippen LogP contribution in [0.3, 0.4) is 0 Å². The molecule has 3 aromatic rings. The van der Waals surface area contributed by atoms with Crippen LogP contribution < -0.4 is 5.32 Å². The Labute approximate surface area is 156 Å². The maximum absolute atomic E-state index is 12.6. The first-order valence-electron chi connectivity index (χ1n) is 8.33.